The molecule has 1 aliphatic heterocycles. The minimum Gasteiger partial charge on any atom is -0.493 e. The standard InChI is InChI=1S/C19H28N2O5/c1-20-19(23)14-7-9-21(10-8-14)17(22)6-5-13-11-15(24-2)18(26-4)16(12-13)25-3/h11-12,14H,5-10H2,1-4H3,(H,20,23). The third kappa shape index (κ3) is 4.59. The first-order valence-corrected chi connectivity index (χ1v) is 8.82. The molecule has 0 aromatic heterocycles. The number of nitrogens with one attached hydrogen (secondary N) is 1. The molecule has 0 radical (unpaired) electrons. The molecule has 0 aliphatic carbocycles. The van der Waals surface area contributed by atoms with Gasteiger partial charge in [0.25, 0.3) is 0 Å². The van der Waals surface area contributed by atoms with Gasteiger partial charge in [-0.15, -0.1) is 0 Å². The van der Waals surface area contributed by atoms with E-state index in [1.807, 2.05) is 17.0 Å². The maximum Gasteiger partial charge on any atom is 0.222 e. The lowest BCUT2D eigenvalue weighted by molar-refractivity contribution is -0.135. The molecule has 7 nitrogen and oxygen atoms in total. The Morgan fingerprint density at radius 1 is 1.08 bits per heavy atom. The van der Waals surface area contributed by atoms with Crippen molar-refractivity contribution in [2.24, 2.45) is 5.92 Å². The lowest BCUT2D eigenvalue weighted by Gasteiger charge is -2.31. The Morgan fingerprint density at radius 2 is 1.65 bits per heavy atom. The number of amides is 2. The topological polar surface area (TPSA) is 77.1 Å². The number of benzene rings is 1. The molecular weight excluding hydrogens is 336 g/mol. The van der Waals surface area contributed by atoms with Gasteiger partial charge in [-0.1, -0.05) is 0 Å². The quantitative estimate of drug-likeness (QED) is 0.796. The number of methoxy groups -OCH3 is 3. The van der Waals surface area contributed by atoms with Crippen molar-refractivity contribution in [3.8, 4) is 17.2 Å². The summed E-state index contributed by atoms with van der Waals surface area (Å²) in [6, 6.07) is 3.74. The molecule has 1 heterocycles. The molecular formula is C19H28N2O5. The minimum atomic E-state index is 0.0131. The third-order valence-electron chi connectivity index (χ3n) is 4.82. The highest BCUT2D eigenvalue weighted by Gasteiger charge is 2.26. The average molecular weight is 364 g/mol. The van der Waals surface area contributed by atoms with Gasteiger partial charge < -0.3 is 24.4 Å². The molecule has 0 spiro atoms. The summed E-state index contributed by atoms with van der Waals surface area (Å²) in [4.78, 5) is 26.0. The fourth-order valence-electron chi connectivity index (χ4n) is 3.28. The van der Waals surface area contributed by atoms with Crippen molar-refractivity contribution in [1.29, 1.82) is 0 Å². The van der Waals surface area contributed by atoms with Crippen LogP contribution in [0.4, 0.5) is 0 Å². The maximum atomic E-state index is 12.5. The molecule has 2 rings (SSSR count). The van der Waals surface area contributed by atoms with E-state index in [0.29, 0.717) is 43.2 Å². The number of likely N-dealkylation sites (tertiary alicyclic amines) is 1. The normalized spacial score (nSPS) is 14.7. The number of carbonyl (C=O) groups is 2. The average Bonchev–Trinajstić information content (AvgIpc) is 2.70. The van der Waals surface area contributed by atoms with E-state index in [1.54, 1.807) is 28.4 Å². The predicted molar refractivity (Wildman–Crippen MR) is 97.8 cm³/mol. The number of nitrogens with zero attached hydrogens (tertiary/aromatic N) is 1. The van der Waals surface area contributed by atoms with E-state index in [4.69, 9.17) is 14.2 Å². The summed E-state index contributed by atoms with van der Waals surface area (Å²) in [7, 11) is 6.36. The van der Waals surface area contributed by atoms with Gasteiger partial charge in [0, 0.05) is 32.5 Å². The van der Waals surface area contributed by atoms with Crippen molar-refractivity contribution >= 4 is 11.8 Å². The Labute approximate surface area is 154 Å². The van der Waals surface area contributed by atoms with Crippen LogP contribution >= 0.6 is 0 Å². The highest BCUT2D eigenvalue weighted by molar-refractivity contribution is 5.80. The van der Waals surface area contributed by atoms with Gasteiger partial charge >= 0.3 is 0 Å². The van der Waals surface area contributed by atoms with E-state index < -0.39 is 0 Å². The Morgan fingerprint density at radius 3 is 2.12 bits per heavy atom. The number of hydrogen-bond donors (Lipinski definition) is 1. The second-order valence-electron chi connectivity index (χ2n) is 6.30. The van der Waals surface area contributed by atoms with Gasteiger partial charge in [0.15, 0.2) is 11.5 Å². The first-order valence-electron chi connectivity index (χ1n) is 8.82. The highest BCUT2D eigenvalue weighted by atomic mass is 16.5. The van der Waals surface area contributed by atoms with E-state index in [1.165, 1.54) is 0 Å². The molecule has 0 unspecified atom stereocenters. The molecule has 144 valence electrons. The number of carbonyl (C=O) groups excluding carboxylic acids is 2. The monoisotopic (exact) mass is 364 g/mol. The van der Waals surface area contributed by atoms with Crippen LogP contribution in [0.3, 0.4) is 0 Å². The summed E-state index contributed by atoms with van der Waals surface area (Å²) >= 11 is 0. The summed E-state index contributed by atoms with van der Waals surface area (Å²) in [5.41, 5.74) is 0.952. The molecule has 7 heteroatoms. The number of piperidine rings is 1. The number of hydrogen-bond acceptors (Lipinski definition) is 5. The SMILES string of the molecule is CNC(=O)C1CCN(C(=O)CCc2cc(OC)c(OC)c(OC)c2)CC1. The number of aryl methyl sites for hydroxylation is 1. The minimum absolute atomic E-state index is 0.0131. The number of ether oxygens (including phenoxy) is 3. The van der Waals surface area contributed by atoms with Crippen LogP contribution in [0.1, 0.15) is 24.8 Å². The van der Waals surface area contributed by atoms with Crippen LogP contribution in [0.2, 0.25) is 0 Å². The summed E-state index contributed by atoms with van der Waals surface area (Å²) in [5.74, 6) is 1.89. The zero-order valence-electron chi connectivity index (χ0n) is 16.0. The van der Waals surface area contributed by atoms with Crippen molar-refractivity contribution in [2.75, 3.05) is 41.5 Å². The molecule has 1 aliphatic rings. The van der Waals surface area contributed by atoms with Gasteiger partial charge in [-0.25, -0.2) is 0 Å². The van der Waals surface area contributed by atoms with Crippen LogP contribution in [0.5, 0.6) is 17.2 Å². The van der Waals surface area contributed by atoms with Crippen LogP contribution in [-0.4, -0.2) is 58.2 Å². The van der Waals surface area contributed by atoms with E-state index >= 15 is 0 Å². The maximum absolute atomic E-state index is 12.5. The predicted octanol–water partition coefficient (Wildman–Crippen LogP) is 1.63. The van der Waals surface area contributed by atoms with Gasteiger partial charge in [0.1, 0.15) is 0 Å². The lowest BCUT2D eigenvalue weighted by atomic mass is 9.95. The molecule has 1 aromatic carbocycles. The molecule has 0 bridgehead atoms. The first-order chi connectivity index (χ1) is 12.5. The Hall–Kier alpha value is -2.44. The van der Waals surface area contributed by atoms with Crippen molar-refractivity contribution in [3.05, 3.63) is 17.7 Å². The number of rotatable bonds is 7. The van der Waals surface area contributed by atoms with E-state index in [0.717, 1.165) is 18.4 Å². The Bertz CT molecular complexity index is 614. The van der Waals surface area contributed by atoms with Gasteiger partial charge in [0.05, 0.1) is 21.3 Å². The molecule has 0 atom stereocenters. The first kappa shape index (κ1) is 19.9. The van der Waals surface area contributed by atoms with Crippen LogP contribution < -0.4 is 19.5 Å². The molecule has 1 fully saturated rings. The fourth-order valence-corrected chi connectivity index (χ4v) is 3.28. The summed E-state index contributed by atoms with van der Waals surface area (Å²) in [6.45, 7) is 1.26. The Balaban J connectivity index is 1.94. The van der Waals surface area contributed by atoms with E-state index in [-0.39, 0.29) is 17.7 Å². The fraction of sp³-hybridized carbons (Fsp3) is 0.579. The molecule has 1 saturated heterocycles. The molecule has 26 heavy (non-hydrogen) atoms. The highest BCUT2D eigenvalue weighted by Crippen LogP contribution is 2.38. The summed E-state index contributed by atoms with van der Waals surface area (Å²) in [6.07, 6.45) is 2.43. The smallest absolute Gasteiger partial charge is 0.222 e. The van der Waals surface area contributed by atoms with Crippen molar-refractivity contribution in [2.45, 2.75) is 25.7 Å². The molecule has 0 saturated carbocycles. The van der Waals surface area contributed by atoms with E-state index in [2.05, 4.69) is 5.32 Å². The summed E-state index contributed by atoms with van der Waals surface area (Å²) in [5, 5.41) is 2.68. The molecule has 1 aromatic rings. The lowest BCUT2D eigenvalue weighted by Crippen LogP contribution is -2.42. The Kier molecular flexibility index (Phi) is 7.12. The van der Waals surface area contributed by atoms with Crippen molar-refractivity contribution < 1.29 is 23.8 Å². The van der Waals surface area contributed by atoms with Gasteiger partial charge in [-0.2, -0.15) is 0 Å². The van der Waals surface area contributed by atoms with Crippen LogP contribution in [0, 0.1) is 5.92 Å². The van der Waals surface area contributed by atoms with Crippen LogP contribution in [-0.2, 0) is 16.0 Å². The zero-order chi connectivity index (χ0) is 19.1. The second kappa shape index (κ2) is 9.31. The van der Waals surface area contributed by atoms with Crippen molar-refractivity contribution in [1.82, 2.24) is 10.2 Å². The van der Waals surface area contributed by atoms with Crippen LogP contribution in [0.15, 0.2) is 12.1 Å². The van der Waals surface area contributed by atoms with Crippen LogP contribution in [0.25, 0.3) is 0 Å². The third-order valence-corrected chi connectivity index (χ3v) is 4.82. The molecule has 1 N–H and O–H groups in total. The van der Waals surface area contributed by atoms with Crippen molar-refractivity contribution in [3.63, 3.8) is 0 Å². The zero-order valence-corrected chi connectivity index (χ0v) is 16.0. The summed E-state index contributed by atoms with van der Waals surface area (Å²) < 4.78 is 16.0. The molecule has 2 amide bonds. The second-order valence-corrected chi connectivity index (χ2v) is 6.30. The largest absolute Gasteiger partial charge is 0.493 e. The van der Waals surface area contributed by atoms with Gasteiger partial charge in [-0.3, -0.25) is 9.59 Å². The van der Waals surface area contributed by atoms with E-state index in [9.17, 15) is 9.59 Å². The van der Waals surface area contributed by atoms with Gasteiger partial charge in [-0.05, 0) is 37.0 Å². The van der Waals surface area contributed by atoms with Gasteiger partial charge in [0.2, 0.25) is 17.6 Å².